The molecule has 0 aromatic rings. The molecule has 0 radical (unpaired) electrons. The molecule has 0 aliphatic carbocycles. The molecule has 100 valence electrons. The van der Waals surface area contributed by atoms with Crippen LogP contribution in [0.15, 0.2) is 0 Å². The molecule has 0 saturated carbocycles. The van der Waals surface area contributed by atoms with Gasteiger partial charge in [-0.1, -0.05) is 33.6 Å². The Hall–Kier alpha value is -0.570. The van der Waals surface area contributed by atoms with E-state index in [4.69, 9.17) is 0 Å². The number of unbranched alkanes of at least 4 members (excludes halogenated alkanes) is 1. The van der Waals surface area contributed by atoms with E-state index in [0.717, 1.165) is 38.8 Å². The third kappa shape index (κ3) is 5.07. The van der Waals surface area contributed by atoms with Crippen LogP contribution >= 0.6 is 0 Å². The normalized spacial score (nSPS) is 26.5. The lowest BCUT2D eigenvalue weighted by Gasteiger charge is -2.29. The fraction of sp³-hybridized carbons (Fsp3) is 0.929. The molecule has 2 N–H and O–H groups in total. The molecule has 1 saturated heterocycles. The Morgan fingerprint density at radius 1 is 1.41 bits per heavy atom. The fourth-order valence-electron chi connectivity index (χ4n) is 2.56. The van der Waals surface area contributed by atoms with Crippen LogP contribution in [0.2, 0.25) is 0 Å². The first-order chi connectivity index (χ1) is 8.17. The summed E-state index contributed by atoms with van der Waals surface area (Å²) < 4.78 is 0. The standard InChI is InChI=1S/C14H28N2O/c1-4-6-7-12(5-2)14(17)16-13-8-11(3)9-15-10-13/h11-13,15H,4-10H2,1-3H3,(H,16,17). The molecular formula is C14H28N2O. The molecule has 1 amide bonds. The van der Waals surface area contributed by atoms with E-state index < -0.39 is 0 Å². The number of hydrogen-bond acceptors (Lipinski definition) is 2. The van der Waals surface area contributed by atoms with Gasteiger partial charge in [-0.05, 0) is 31.7 Å². The topological polar surface area (TPSA) is 41.1 Å². The summed E-state index contributed by atoms with van der Waals surface area (Å²) in [4.78, 5) is 12.1. The Morgan fingerprint density at radius 3 is 2.76 bits per heavy atom. The Labute approximate surface area is 106 Å². The third-order valence-electron chi connectivity index (χ3n) is 3.69. The van der Waals surface area contributed by atoms with E-state index in [0.29, 0.717) is 12.0 Å². The smallest absolute Gasteiger partial charge is 0.223 e. The summed E-state index contributed by atoms with van der Waals surface area (Å²) in [5.41, 5.74) is 0. The number of hydrogen-bond donors (Lipinski definition) is 2. The molecule has 0 spiro atoms. The highest BCUT2D eigenvalue weighted by Crippen LogP contribution is 2.15. The van der Waals surface area contributed by atoms with Crippen molar-refractivity contribution in [2.75, 3.05) is 13.1 Å². The number of piperidine rings is 1. The molecule has 17 heavy (non-hydrogen) atoms. The van der Waals surface area contributed by atoms with Crippen molar-refractivity contribution in [2.45, 2.75) is 58.9 Å². The van der Waals surface area contributed by atoms with Gasteiger partial charge < -0.3 is 10.6 Å². The number of carbonyl (C=O) groups is 1. The summed E-state index contributed by atoms with van der Waals surface area (Å²) in [6, 6.07) is 0.335. The first-order valence-corrected chi connectivity index (χ1v) is 7.18. The number of nitrogens with one attached hydrogen (secondary N) is 2. The third-order valence-corrected chi connectivity index (χ3v) is 3.69. The van der Waals surface area contributed by atoms with Gasteiger partial charge in [0.25, 0.3) is 0 Å². The first kappa shape index (κ1) is 14.5. The van der Waals surface area contributed by atoms with Crippen LogP contribution in [0.1, 0.15) is 52.9 Å². The summed E-state index contributed by atoms with van der Waals surface area (Å²) >= 11 is 0. The minimum atomic E-state index is 0.215. The quantitative estimate of drug-likeness (QED) is 0.748. The minimum absolute atomic E-state index is 0.215. The van der Waals surface area contributed by atoms with Crippen molar-refractivity contribution < 1.29 is 4.79 Å². The van der Waals surface area contributed by atoms with Crippen molar-refractivity contribution in [3.63, 3.8) is 0 Å². The van der Waals surface area contributed by atoms with Crippen molar-refractivity contribution in [1.29, 1.82) is 0 Å². The highest BCUT2D eigenvalue weighted by atomic mass is 16.1. The van der Waals surface area contributed by atoms with Gasteiger partial charge >= 0.3 is 0 Å². The molecule has 3 atom stereocenters. The van der Waals surface area contributed by atoms with Crippen LogP contribution in [0.3, 0.4) is 0 Å². The van der Waals surface area contributed by atoms with Crippen molar-refractivity contribution in [3.05, 3.63) is 0 Å². The van der Waals surface area contributed by atoms with Crippen LogP contribution in [-0.2, 0) is 4.79 Å². The largest absolute Gasteiger partial charge is 0.352 e. The molecule has 1 aliphatic heterocycles. The van der Waals surface area contributed by atoms with Gasteiger partial charge in [0.15, 0.2) is 0 Å². The van der Waals surface area contributed by atoms with E-state index in [2.05, 4.69) is 31.4 Å². The molecule has 1 fully saturated rings. The second-order valence-corrected chi connectivity index (χ2v) is 5.45. The lowest BCUT2D eigenvalue weighted by atomic mass is 9.95. The van der Waals surface area contributed by atoms with Crippen molar-refractivity contribution in [2.24, 2.45) is 11.8 Å². The van der Waals surface area contributed by atoms with E-state index in [-0.39, 0.29) is 11.8 Å². The van der Waals surface area contributed by atoms with E-state index in [1.807, 2.05) is 0 Å². The molecule has 0 aromatic carbocycles. The summed E-state index contributed by atoms with van der Waals surface area (Å²) in [5, 5.41) is 6.58. The highest BCUT2D eigenvalue weighted by molar-refractivity contribution is 5.78. The zero-order valence-corrected chi connectivity index (χ0v) is 11.6. The number of rotatable bonds is 6. The lowest BCUT2D eigenvalue weighted by molar-refractivity contribution is -0.126. The van der Waals surface area contributed by atoms with Gasteiger partial charge in [-0.15, -0.1) is 0 Å². The molecule has 1 aliphatic rings. The molecule has 3 unspecified atom stereocenters. The predicted molar refractivity (Wildman–Crippen MR) is 71.9 cm³/mol. The van der Waals surface area contributed by atoms with E-state index in [1.165, 1.54) is 6.42 Å². The molecule has 1 heterocycles. The maximum atomic E-state index is 12.1. The van der Waals surface area contributed by atoms with Gasteiger partial charge in [0, 0.05) is 18.5 Å². The zero-order chi connectivity index (χ0) is 12.7. The first-order valence-electron chi connectivity index (χ1n) is 7.18. The second kappa shape index (κ2) is 7.70. The summed E-state index contributed by atoms with van der Waals surface area (Å²) in [5.74, 6) is 1.15. The van der Waals surface area contributed by atoms with Gasteiger partial charge in [-0.2, -0.15) is 0 Å². The predicted octanol–water partition coefficient (Wildman–Crippen LogP) is 2.32. The van der Waals surface area contributed by atoms with Crippen molar-refractivity contribution >= 4 is 5.91 Å². The van der Waals surface area contributed by atoms with Crippen LogP contribution in [0.4, 0.5) is 0 Å². The van der Waals surface area contributed by atoms with Gasteiger partial charge in [0.05, 0.1) is 0 Å². The summed E-state index contributed by atoms with van der Waals surface area (Å²) in [7, 11) is 0. The monoisotopic (exact) mass is 240 g/mol. The Balaban J connectivity index is 2.35. The molecular weight excluding hydrogens is 212 g/mol. The Kier molecular flexibility index (Phi) is 6.56. The van der Waals surface area contributed by atoms with Crippen LogP contribution in [0.25, 0.3) is 0 Å². The van der Waals surface area contributed by atoms with Crippen LogP contribution < -0.4 is 10.6 Å². The summed E-state index contributed by atoms with van der Waals surface area (Å²) in [6.07, 6.45) is 5.44. The Morgan fingerprint density at radius 2 is 2.18 bits per heavy atom. The van der Waals surface area contributed by atoms with Crippen LogP contribution in [0, 0.1) is 11.8 Å². The maximum Gasteiger partial charge on any atom is 0.223 e. The average molecular weight is 240 g/mol. The summed E-state index contributed by atoms with van der Waals surface area (Å²) in [6.45, 7) is 8.54. The maximum absolute atomic E-state index is 12.1. The van der Waals surface area contributed by atoms with Gasteiger partial charge in [0.2, 0.25) is 5.91 Å². The SMILES string of the molecule is CCCCC(CC)C(=O)NC1CNCC(C)C1. The molecule has 0 aromatic heterocycles. The van der Waals surface area contributed by atoms with Crippen LogP contribution in [-0.4, -0.2) is 25.0 Å². The average Bonchev–Trinajstić information content (AvgIpc) is 2.30. The number of carbonyl (C=O) groups excluding carboxylic acids is 1. The van der Waals surface area contributed by atoms with Gasteiger partial charge in [-0.3, -0.25) is 4.79 Å². The fourth-order valence-corrected chi connectivity index (χ4v) is 2.56. The van der Waals surface area contributed by atoms with Crippen molar-refractivity contribution in [1.82, 2.24) is 10.6 Å². The van der Waals surface area contributed by atoms with E-state index >= 15 is 0 Å². The molecule has 1 rings (SSSR count). The highest BCUT2D eigenvalue weighted by Gasteiger charge is 2.23. The Bertz CT molecular complexity index is 230. The van der Waals surface area contributed by atoms with Crippen LogP contribution in [0.5, 0.6) is 0 Å². The second-order valence-electron chi connectivity index (χ2n) is 5.45. The molecule has 0 bridgehead atoms. The van der Waals surface area contributed by atoms with Gasteiger partial charge in [-0.25, -0.2) is 0 Å². The zero-order valence-electron chi connectivity index (χ0n) is 11.6. The minimum Gasteiger partial charge on any atom is -0.352 e. The lowest BCUT2D eigenvalue weighted by Crippen LogP contribution is -2.49. The molecule has 3 nitrogen and oxygen atoms in total. The van der Waals surface area contributed by atoms with Gasteiger partial charge in [0.1, 0.15) is 0 Å². The van der Waals surface area contributed by atoms with Crippen molar-refractivity contribution in [3.8, 4) is 0 Å². The molecule has 3 heteroatoms. The number of amides is 1. The van der Waals surface area contributed by atoms with E-state index in [9.17, 15) is 4.79 Å². The van der Waals surface area contributed by atoms with E-state index in [1.54, 1.807) is 0 Å².